The van der Waals surface area contributed by atoms with Gasteiger partial charge in [-0.05, 0) is 75.7 Å². The summed E-state index contributed by atoms with van der Waals surface area (Å²) in [6, 6.07) is 7.08. The van der Waals surface area contributed by atoms with Gasteiger partial charge in [-0.15, -0.1) is 4.91 Å². The van der Waals surface area contributed by atoms with E-state index in [4.69, 9.17) is 10.8 Å². The summed E-state index contributed by atoms with van der Waals surface area (Å²) >= 11 is 1.03. The average molecular weight is 457 g/mol. The van der Waals surface area contributed by atoms with Crippen LogP contribution in [0.15, 0.2) is 35.6 Å². The highest BCUT2D eigenvalue weighted by atomic mass is 32.2. The van der Waals surface area contributed by atoms with Gasteiger partial charge >= 0.3 is 0 Å². The monoisotopic (exact) mass is 456 g/mol. The van der Waals surface area contributed by atoms with Crippen molar-refractivity contribution in [3.05, 3.63) is 40.9 Å². The van der Waals surface area contributed by atoms with Crippen LogP contribution in [0.2, 0.25) is 0 Å². The zero-order valence-corrected chi connectivity index (χ0v) is 20.3. The molecule has 0 saturated carbocycles. The van der Waals surface area contributed by atoms with E-state index in [-0.39, 0.29) is 33.0 Å². The van der Waals surface area contributed by atoms with Crippen molar-refractivity contribution in [2.24, 2.45) is 5.18 Å². The number of nitroso groups, excluding NO2 is 1. The molecule has 10 heteroatoms. The molecule has 0 bridgehead atoms. The van der Waals surface area contributed by atoms with Gasteiger partial charge in [0.15, 0.2) is 5.17 Å². The third-order valence-electron chi connectivity index (χ3n) is 5.67. The van der Waals surface area contributed by atoms with E-state index in [1.807, 2.05) is 18.0 Å². The molecule has 9 nitrogen and oxygen atoms in total. The molecule has 0 amide bonds. The minimum absolute atomic E-state index is 0.0385. The Bertz CT molecular complexity index is 1010. The predicted octanol–water partition coefficient (Wildman–Crippen LogP) is 4.55. The number of amidine groups is 1. The lowest BCUT2D eigenvalue weighted by Gasteiger charge is -2.49. The first-order chi connectivity index (χ1) is 14.9. The summed E-state index contributed by atoms with van der Waals surface area (Å²) in [7, 11) is 3.69. The lowest BCUT2D eigenvalue weighted by atomic mass is 9.79. The van der Waals surface area contributed by atoms with Crippen molar-refractivity contribution in [2.45, 2.75) is 57.7 Å². The molecule has 4 N–H and O–H groups in total. The first-order valence-corrected chi connectivity index (χ1v) is 11.3. The topological polar surface area (TPSA) is 122 Å². The van der Waals surface area contributed by atoms with Crippen LogP contribution < -0.4 is 10.6 Å². The van der Waals surface area contributed by atoms with E-state index in [9.17, 15) is 4.91 Å². The molecule has 0 unspecified atom stereocenters. The van der Waals surface area contributed by atoms with Crippen molar-refractivity contribution in [1.29, 1.82) is 10.8 Å². The molecule has 0 atom stereocenters. The van der Waals surface area contributed by atoms with Crippen molar-refractivity contribution < 1.29 is 0 Å². The van der Waals surface area contributed by atoms with Crippen molar-refractivity contribution >= 4 is 33.5 Å². The van der Waals surface area contributed by atoms with E-state index in [0.29, 0.717) is 17.1 Å². The van der Waals surface area contributed by atoms with Crippen LogP contribution in [-0.2, 0) is 0 Å². The second-order valence-electron chi connectivity index (χ2n) is 9.49. The maximum atomic E-state index is 11.5. The molecule has 2 heterocycles. The Kier molecular flexibility index (Phi) is 6.75. The molecule has 0 radical (unpaired) electrons. The maximum Gasteiger partial charge on any atom is 0.162 e. The molecule has 32 heavy (non-hydrogen) atoms. The third-order valence-corrected chi connectivity index (χ3v) is 6.57. The number of hydrogen-bond donors (Lipinski definition) is 4. The van der Waals surface area contributed by atoms with Crippen molar-refractivity contribution in [3.63, 3.8) is 0 Å². The van der Waals surface area contributed by atoms with Crippen molar-refractivity contribution in [3.8, 4) is 5.69 Å². The summed E-state index contributed by atoms with van der Waals surface area (Å²) in [5.74, 6) is 0.707. The van der Waals surface area contributed by atoms with Gasteiger partial charge < -0.3 is 15.5 Å². The second-order valence-corrected chi connectivity index (χ2v) is 10.5. The summed E-state index contributed by atoms with van der Waals surface area (Å²) in [5.41, 5.74) is 1.15. The number of piperidine rings is 1. The summed E-state index contributed by atoms with van der Waals surface area (Å²) in [4.78, 5) is 13.5. The van der Waals surface area contributed by atoms with Gasteiger partial charge in [-0.2, -0.15) is 5.10 Å². The van der Waals surface area contributed by atoms with Crippen LogP contribution in [0, 0.1) is 15.7 Å². The number of aromatic nitrogens is 2. The largest absolute Gasteiger partial charge is 0.372 e. The Balaban J connectivity index is 1.74. The highest BCUT2D eigenvalue weighted by molar-refractivity contribution is 8.26. The summed E-state index contributed by atoms with van der Waals surface area (Å²) < 4.78 is 1.64. The van der Waals surface area contributed by atoms with Crippen LogP contribution in [0.1, 0.15) is 46.1 Å². The van der Waals surface area contributed by atoms with Gasteiger partial charge in [0, 0.05) is 49.0 Å². The molecule has 1 saturated heterocycles. The Morgan fingerprint density at radius 1 is 1.25 bits per heavy atom. The van der Waals surface area contributed by atoms with Crippen LogP contribution in [0.4, 0.5) is 11.5 Å². The van der Waals surface area contributed by atoms with Gasteiger partial charge in [0.25, 0.3) is 0 Å². The number of anilines is 1. The molecule has 0 spiro atoms. The highest BCUT2D eigenvalue weighted by Crippen LogP contribution is 2.33. The van der Waals surface area contributed by atoms with Crippen molar-refractivity contribution in [1.82, 2.24) is 20.0 Å². The number of benzene rings is 1. The lowest BCUT2D eigenvalue weighted by molar-refractivity contribution is 0.114. The van der Waals surface area contributed by atoms with Gasteiger partial charge in [-0.1, -0.05) is 0 Å². The standard InChI is InChI=1S/C22H32N8OS/c1-21(2)12-15(13-22(3,4)28-21)29(6)20(24)32-19(23)16-8-7-14(11-17(16)27-31)30-10-9-18(25-5)26-30/h7-11,15,23-24,28H,12-13H2,1-6H3,(H,25,26). The van der Waals surface area contributed by atoms with E-state index < -0.39 is 0 Å². The van der Waals surface area contributed by atoms with Gasteiger partial charge in [0.2, 0.25) is 0 Å². The van der Waals surface area contributed by atoms with Crippen molar-refractivity contribution in [2.75, 3.05) is 19.4 Å². The molecule has 1 aliphatic rings. The normalized spacial score (nSPS) is 17.6. The number of nitrogens with one attached hydrogen (secondary N) is 4. The van der Waals surface area contributed by atoms with E-state index in [2.05, 4.69) is 48.6 Å². The second kappa shape index (κ2) is 9.03. The molecular weight excluding hydrogens is 424 g/mol. The minimum Gasteiger partial charge on any atom is -0.372 e. The highest BCUT2D eigenvalue weighted by Gasteiger charge is 2.39. The number of hydrogen-bond acceptors (Lipinski definition) is 8. The first kappa shape index (κ1) is 23.9. The number of thioether (sulfide) groups is 1. The maximum absolute atomic E-state index is 11.5. The Morgan fingerprint density at radius 2 is 1.91 bits per heavy atom. The van der Waals surface area contributed by atoms with E-state index >= 15 is 0 Å². The molecule has 1 aromatic heterocycles. The number of nitrogens with zero attached hydrogens (tertiary/aromatic N) is 4. The quantitative estimate of drug-likeness (QED) is 0.297. The molecule has 172 valence electrons. The predicted molar refractivity (Wildman–Crippen MR) is 133 cm³/mol. The van der Waals surface area contributed by atoms with Crippen LogP contribution in [-0.4, -0.2) is 56.1 Å². The molecule has 3 rings (SSSR count). The molecule has 1 aromatic carbocycles. The molecule has 1 aliphatic heterocycles. The zero-order valence-electron chi connectivity index (χ0n) is 19.5. The molecule has 2 aromatic rings. The Labute approximate surface area is 193 Å². The Morgan fingerprint density at radius 3 is 2.47 bits per heavy atom. The average Bonchev–Trinajstić information content (AvgIpc) is 3.19. The smallest absolute Gasteiger partial charge is 0.162 e. The summed E-state index contributed by atoms with van der Waals surface area (Å²) in [6.07, 6.45) is 3.58. The van der Waals surface area contributed by atoms with Crippen LogP contribution in [0.3, 0.4) is 0 Å². The number of rotatable bonds is 5. The van der Waals surface area contributed by atoms with E-state index in [1.54, 1.807) is 36.1 Å². The SMILES string of the molecule is CNc1ccn(-c2ccc(C(=N)SC(=N)N(C)C3CC(C)(C)NC(C)(C)C3)c(N=O)c2)n1. The first-order valence-electron chi connectivity index (χ1n) is 10.5. The minimum atomic E-state index is -0.0385. The molecular formula is C22H32N8OS. The van der Waals surface area contributed by atoms with E-state index in [1.165, 1.54) is 0 Å². The van der Waals surface area contributed by atoms with E-state index in [0.717, 1.165) is 24.6 Å². The van der Waals surface area contributed by atoms with Crippen LogP contribution >= 0.6 is 11.8 Å². The third kappa shape index (κ3) is 5.36. The lowest BCUT2D eigenvalue weighted by Crippen LogP contribution is -2.62. The molecule has 0 aliphatic carbocycles. The summed E-state index contributed by atoms with van der Waals surface area (Å²) in [5, 5.41) is 31.6. The fourth-order valence-electron chi connectivity index (χ4n) is 4.46. The van der Waals surface area contributed by atoms with Gasteiger partial charge in [0.1, 0.15) is 16.5 Å². The summed E-state index contributed by atoms with van der Waals surface area (Å²) in [6.45, 7) is 8.71. The fraction of sp³-hybridized carbons (Fsp3) is 0.500. The van der Waals surface area contributed by atoms with Crippen LogP contribution in [0.5, 0.6) is 0 Å². The van der Waals surface area contributed by atoms with Crippen LogP contribution in [0.25, 0.3) is 5.69 Å². The van der Waals surface area contributed by atoms with Gasteiger partial charge in [0.05, 0.1) is 5.69 Å². The zero-order chi connectivity index (χ0) is 23.7. The molecule has 1 fully saturated rings. The fourth-order valence-corrected chi connectivity index (χ4v) is 5.23. The Hall–Kier alpha value is -2.72. The van der Waals surface area contributed by atoms with Gasteiger partial charge in [-0.25, -0.2) is 4.68 Å². The van der Waals surface area contributed by atoms with Gasteiger partial charge in [-0.3, -0.25) is 10.8 Å².